The largest absolute Gasteiger partial charge is 0.338 e. The molecule has 1 N–H and O–H groups in total. The summed E-state index contributed by atoms with van der Waals surface area (Å²) in [5.74, 6) is 1.81. The zero-order chi connectivity index (χ0) is 13.9. The molecular weight excluding hydrogens is 270 g/mol. The topological polar surface area (TPSA) is 29.9 Å². The number of rotatable bonds is 5. The first-order valence-electron chi connectivity index (χ1n) is 7.17. The Morgan fingerprint density at radius 1 is 1.40 bits per heavy atom. The van der Waals surface area contributed by atoms with Gasteiger partial charge in [0.25, 0.3) is 0 Å². The van der Waals surface area contributed by atoms with Gasteiger partial charge in [-0.15, -0.1) is 0 Å². The summed E-state index contributed by atoms with van der Waals surface area (Å²) in [5, 5.41) is 4.45. The zero-order valence-electron chi connectivity index (χ0n) is 11.7. The Bertz CT molecular complexity index is 573. The highest BCUT2D eigenvalue weighted by Crippen LogP contribution is 2.37. The number of halogens is 1. The number of imidazole rings is 1. The van der Waals surface area contributed by atoms with Crippen molar-refractivity contribution in [1.29, 1.82) is 0 Å². The Balaban J connectivity index is 1.41. The van der Waals surface area contributed by atoms with Gasteiger partial charge >= 0.3 is 0 Å². The van der Waals surface area contributed by atoms with E-state index in [9.17, 15) is 0 Å². The van der Waals surface area contributed by atoms with Crippen LogP contribution in [0.4, 0.5) is 0 Å². The summed E-state index contributed by atoms with van der Waals surface area (Å²) in [4.78, 5) is 4.34. The monoisotopic (exact) mass is 289 g/mol. The summed E-state index contributed by atoms with van der Waals surface area (Å²) >= 11 is 6.04. The number of aromatic nitrogens is 2. The van der Waals surface area contributed by atoms with E-state index in [-0.39, 0.29) is 0 Å². The molecule has 1 heterocycles. The van der Waals surface area contributed by atoms with Crippen molar-refractivity contribution in [1.82, 2.24) is 14.9 Å². The summed E-state index contributed by atoms with van der Waals surface area (Å²) in [6.45, 7) is 0.998. The number of benzene rings is 1. The second kappa shape index (κ2) is 5.98. The molecule has 1 aromatic carbocycles. The third kappa shape index (κ3) is 3.05. The molecule has 20 heavy (non-hydrogen) atoms. The van der Waals surface area contributed by atoms with Gasteiger partial charge in [0.05, 0.1) is 0 Å². The maximum absolute atomic E-state index is 6.04. The predicted octanol–water partition coefficient (Wildman–Crippen LogP) is 3.15. The maximum Gasteiger partial charge on any atom is 0.109 e. The number of aryl methyl sites for hydroxylation is 1. The van der Waals surface area contributed by atoms with Crippen LogP contribution in [-0.4, -0.2) is 22.1 Å². The van der Waals surface area contributed by atoms with Crippen molar-refractivity contribution in [2.75, 3.05) is 6.54 Å². The van der Waals surface area contributed by atoms with Crippen LogP contribution in [-0.2, 0) is 13.5 Å². The van der Waals surface area contributed by atoms with E-state index in [1.165, 1.54) is 18.4 Å². The van der Waals surface area contributed by atoms with Gasteiger partial charge in [0.1, 0.15) is 5.82 Å². The van der Waals surface area contributed by atoms with Gasteiger partial charge in [0.2, 0.25) is 0 Å². The van der Waals surface area contributed by atoms with Crippen molar-refractivity contribution < 1.29 is 0 Å². The van der Waals surface area contributed by atoms with Crippen LogP contribution in [0, 0.1) is 0 Å². The molecule has 0 bridgehead atoms. The molecule has 1 saturated carbocycles. The molecule has 3 nitrogen and oxygen atoms in total. The van der Waals surface area contributed by atoms with Crippen molar-refractivity contribution in [2.24, 2.45) is 7.05 Å². The molecule has 0 atom stereocenters. The lowest BCUT2D eigenvalue weighted by molar-refractivity contribution is 0.292. The number of hydrogen-bond donors (Lipinski definition) is 1. The minimum absolute atomic E-state index is 0.638. The van der Waals surface area contributed by atoms with E-state index < -0.39 is 0 Å². The van der Waals surface area contributed by atoms with E-state index in [0.29, 0.717) is 12.0 Å². The van der Waals surface area contributed by atoms with Crippen LogP contribution >= 0.6 is 11.6 Å². The predicted molar refractivity (Wildman–Crippen MR) is 82.1 cm³/mol. The lowest BCUT2D eigenvalue weighted by Gasteiger charge is -2.36. The van der Waals surface area contributed by atoms with Crippen molar-refractivity contribution in [2.45, 2.75) is 31.2 Å². The van der Waals surface area contributed by atoms with Crippen LogP contribution in [0.5, 0.6) is 0 Å². The Labute approximate surface area is 125 Å². The van der Waals surface area contributed by atoms with Crippen LogP contribution < -0.4 is 5.32 Å². The highest BCUT2D eigenvalue weighted by molar-refractivity contribution is 6.30. The molecule has 0 spiro atoms. The molecular formula is C16H20ClN3. The summed E-state index contributed by atoms with van der Waals surface area (Å²) in [6, 6.07) is 8.89. The van der Waals surface area contributed by atoms with Gasteiger partial charge in [-0.1, -0.05) is 23.7 Å². The molecule has 1 fully saturated rings. The van der Waals surface area contributed by atoms with Gasteiger partial charge in [-0.3, -0.25) is 0 Å². The van der Waals surface area contributed by atoms with Gasteiger partial charge in [0, 0.05) is 43.5 Å². The number of hydrogen-bond acceptors (Lipinski definition) is 2. The molecule has 0 amide bonds. The lowest BCUT2D eigenvalue weighted by atomic mass is 9.76. The Morgan fingerprint density at radius 2 is 2.25 bits per heavy atom. The minimum atomic E-state index is 0.638. The first-order chi connectivity index (χ1) is 9.72. The average molecular weight is 290 g/mol. The van der Waals surface area contributed by atoms with Crippen LogP contribution in [0.25, 0.3) is 0 Å². The van der Waals surface area contributed by atoms with Crippen LogP contribution in [0.2, 0.25) is 5.02 Å². The maximum atomic E-state index is 6.04. The first-order valence-corrected chi connectivity index (χ1v) is 7.55. The van der Waals surface area contributed by atoms with Crippen molar-refractivity contribution in [3.05, 3.63) is 53.1 Å². The normalized spacial score (nSPS) is 21.7. The SMILES string of the molecule is Cn1ccnc1CCNC1CC(c2cccc(Cl)c2)C1. The van der Waals surface area contributed by atoms with Crippen molar-refractivity contribution in [3.63, 3.8) is 0 Å². The molecule has 1 aliphatic rings. The van der Waals surface area contributed by atoms with Crippen molar-refractivity contribution >= 4 is 11.6 Å². The van der Waals surface area contributed by atoms with Crippen LogP contribution in [0.3, 0.4) is 0 Å². The minimum Gasteiger partial charge on any atom is -0.338 e. The standard InChI is InChI=1S/C16H20ClN3/c1-20-8-7-19-16(20)5-6-18-15-10-13(11-15)12-3-2-4-14(17)9-12/h2-4,7-9,13,15,18H,5-6,10-11H2,1H3. The van der Waals surface area contributed by atoms with E-state index in [4.69, 9.17) is 11.6 Å². The first kappa shape index (κ1) is 13.7. The third-order valence-electron chi connectivity index (χ3n) is 4.16. The van der Waals surface area contributed by atoms with E-state index in [1.54, 1.807) is 0 Å². The smallest absolute Gasteiger partial charge is 0.109 e. The molecule has 0 saturated heterocycles. The van der Waals surface area contributed by atoms with E-state index in [1.807, 2.05) is 31.6 Å². The Hall–Kier alpha value is -1.32. The number of nitrogens with zero attached hydrogens (tertiary/aromatic N) is 2. The molecule has 0 radical (unpaired) electrons. The molecule has 3 rings (SSSR count). The summed E-state index contributed by atoms with van der Waals surface area (Å²) < 4.78 is 2.08. The van der Waals surface area contributed by atoms with Gasteiger partial charge in [-0.2, -0.15) is 0 Å². The van der Waals surface area contributed by atoms with Crippen LogP contribution in [0.15, 0.2) is 36.7 Å². The zero-order valence-corrected chi connectivity index (χ0v) is 12.5. The third-order valence-corrected chi connectivity index (χ3v) is 4.40. The van der Waals surface area contributed by atoms with E-state index in [0.717, 1.165) is 23.8 Å². The van der Waals surface area contributed by atoms with Crippen LogP contribution in [0.1, 0.15) is 30.1 Å². The quantitative estimate of drug-likeness (QED) is 0.916. The second-order valence-electron chi connectivity index (χ2n) is 5.58. The lowest BCUT2D eigenvalue weighted by Crippen LogP contribution is -2.41. The highest BCUT2D eigenvalue weighted by Gasteiger charge is 2.29. The Morgan fingerprint density at radius 3 is 2.95 bits per heavy atom. The molecule has 2 aromatic rings. The number of nitrogens with one attached hydrogen (secondary N) is 1. The average Bonchev–Trinajstić information content (AvgIpc) is 2.78. The molecule has 0 unspecified atom stereocenters. The Kier molecular flexibility index (Phi) is 4.08. The van der Waals surface area contributed by atoms with E-state index >= 15 is 0 Å². The van der Waals surface area contributed by atoms with Crippen molar-refractivity contribution in [3.8, 4) is 0 Å². The second-order valence-corrected chi connectivity index (χ2v) is 6.02. The summed E-state index contributed by atoms with van der Waals surface area (Å²) in [5.41, 5.74) is 1.37. The molecule has 4 heteroatoms. The van der Waals surface area contributed by atoms with E-state index in [2.05, 4.69) is 27.0 Å². The molecule has 106 valence electrons. The molecule has 0 aliphatic heterocycles. The van der Waals surface area contributed by atoms with Gasteiger partial charge in [-0.25, -0.2) is 4.98 Å². The summed E-state index contributed by atoms with van der Waals surface area (Å²) in [6.07, 6.45) is 7.26. The fourth-order valence-corrected chi connectivity index (χ4v) is 3.04. The fraction of sp³-hybridized carbons (Fsp3) is 0.438. The summed E-state index contributed by atoms with van der Waals surface area (Å²) in [7, 11) is 2.04. The molecule has 1 aromatic heterocycles. The van der Waals surface area contributed by atoms with Gasteiger partial charge in [0.15, 0.2) is 0 Å². The fourth-order valence-electron chi connectivity index (χ4n) is 2.84. The molecule has 1 aliphatic carbocycles. The highest BCUT2D eigenvalue weighted by atomic mass is 35.5. The van der Waals surface area contributed by atoms with Gasteiger partial charge in [-0.05, 0) is 36.5 Å². The van der Waals surface area contributed by atoms with Gasteiger partial charge < -0.3 is 9.88 Å².